The number of aryl methyl sites for hydroxylation is 1. The lowest BCUT2D eigenvalue weighted by molar-refractivity contribution is 0.0979. The summed E-state index contributed by atoms with van der Waals surface area (Å²) < 4.78 is 5.03. The Morgan fingerprint density at radius 3 is 3.00 bits per heavy atom. The van der Waals surface area contributed by atoms with Crippen molar-refractivity contribution in [3.63, 3.8) is 0 Å². The second-order valence-electron chi connectivity index (χ2n) is 2.87. The van der Waals surface area contributed by atoms with Gasteiger partial charge in [0.25, 0.3) is 0 Å². The molecule has 0 aromatic carbocycles. The Morgan fingerprint density at radius 2 is 2.46 bits per heavy atom. The van der Waals surface area contributed by atoms with Crippen molar-refractivity contribution in [2.24, 2.45) is 0 Å². The highest BCUT2D eigenvalue weighted by molar-refractivity contribution is 5.96. The highest BCUT2D eigenvalue weighted by Crippen LogP contribution is 2.12. The molecule has 0 fully saturated rings. The average molecular weight is 176 g/mol. The molecular weight excluding hydrogens is 164 g/mol. The average Bonchev–Trinajstić information content (AvgIpc) is 2.52. The number of carbonyl (C=O) groups is 1. The monoisotopic (exact) mass is 176 g/mol. The van der Waals surface area contributed by atoms with Crippen LogP contribution in [0.2, 0.25) is 0 Å². The van der Waals surface area contributed by atoms with Crippen LogP contribution in [0.4, 0.5) is 0 Å². The van der Waals surface area contributed by atoms with Crippen molar-refractivity contribution >= 4 is 5.78 Å². The SMILES string of the molecule is C#CCCCC(=O)c1ccoc1C. The molecule has 0 aliphatic carbocycles. The Hall–Kier alpha value is -1.49. The van der Waals surface area contributed by atoms with Gasteiger partial charge in [0.05, 0.1) is 11.8 Å². The molecular formula is C11H12O2. The van der Waals surface area contributed by atoms with E-state index in [1.807, 2.05) is 0 Å². The topological polar surface area (TPSA) is 30.2 Å². The molecule has 0 bridgehead atoms. The van der Waals surface area contributed by atoms with Gasteiger partial charge in [-0.15, -0.1) is 12.3 Å². The van der Waals surface area contributed by atoms with Crippen LogP contribution in [0.15, 0.2) is 16.7 Å². The lowest BCUT2D eigenvalue weighted by Crippen LogP contribution is -1.98. The molecule has 0 unspecified atom stereocenters. The third-order valence-electron chi connectivity index (χ3n) is 1.88. The molecule has 68 valence electrons. The molecule has 1 aromatic heterocycles. The molecule has 0 amide bonds. The van der Waals surface area contributed by atoms with Gasteiger partial charge in [-0.25, -0.2) is 0 Å². The summed E-state index contributed by atoms with van der Waals surface area (Å²) in [4.78, 5) is 11.5. The van der Waals surface area contributed by atoms with Gasteiger partial charge >= 0.3 is 0 Å². The summed E-state index contributed by atoms with van der Waals surface area (Å²) in [5.41, 5.74) is 0.678. The maximum absolute atomic E-state index is 11.5. The van der Waals surface area contributed by atoms with Crippen LogP contribution in [0.3, 0.4) is 0 Å². The maximum Gasteiger partial charge on any atom is 0.166 e. The van der Waals surface area contributed by atoms with E-state index in [1.165, 1.54) is 6.26 Å². The number of hydrogen-bond acceptors (Lipinski definition) is 2. The molecule has 1 heterocycles. The number of unbranched alkanes of at least 4 members (excludes halogenated alkanes) is 1. The van der Waals surface area contributed by atoms with Crippen molar-refractivity contribution in [2.45, 2.75) is 26.2 Å². The summed E-state index contributed by atoms with van der Waals surface area (Å²) in [5, 5.41) is 0. The summed E-state index contributed by atoms with van der Waals surface area (Å²) in [7, 11) is 0. The molecule has 0 spiro atoms. The predicted molar refractivity (Wildman–Crippen MR) is 50.5 cm³/mol. The van der Waals surface area contributed by atoms with Crippen LogP contribution in [-0.2, 0) is 0 Å². The number of furan rings is 1. The Labute approximate surface area is 77.9 Å². The summed E-state index contributed by atoms with van der Waals surface area (Å²) in [6, 6.07) is 1.70. The van der Waals surface area contributed by atoms with Gasteiger partial charge in [0.1, 0.15) is 5.76 Å². The van der Waals surface area contributed by atoms with E-state index in [4.69, 9.17) is 10.8 Å². The van der Waals surface area contributed by atoms with Gasteiger partial charge in [0, 0.05) is 12.8 Å². The van der Waals surface area contributed by atoms with Crippen molar-refractivity contribution in [3.8, 4) is 12.3 Å². The first-order valence-electron chi connectivity index (χ1n) is 4.26. The lowest BCUT2D eigenvalue weighted by Gasteiger charge is -1.96. The van der Waals surface area contributed by atoms with Crippen LogP contribution in [0, 0.1) is 19.3 Å². The van der Waals surface area contributed by atoms with E-state index >= 15 is 0 Å². The van der Waals surface area contributed by atoms with Gasteiger partial charge < -0.3 is 4.42 Å². The van der Waals surface area contributed by atoms with E-state index in [0.717, 1.165) is 6.42 Å². The highest BCUT2D eigenvalue weighted by Gasteiger charge is 2.09. The first-order valence-corrected chi connectivity index (χ1v) is 4.26. The second kappa shape index (κ2) is 4.51. The van der Waals surface area contributed by atoms with Gasteiger partial charge in [-0.3, -0.25) is 4.79 Å². The molecule has 13 heavy (non-hydrogen) atoms. The maximum atomic E-state index is 11.5. The van der Waals surface area contributed by atoms with Crippen LogP contribution in [0.25, 0.3) is 0 Å². The standard InChI is InChI=1S/C11H12O2/c1-3-4-5-6-11(12)10-7-8-13-9(10)2/h1,7-8H,4-6H2,2H3. The van der Waals surface area contributed by atoms with Crippen molar-refractivity contribution < 1.29 is 9.21 Å². The minimum Gasteiger partial charge on any atom is -0.469 e. The zero-order chi connectivity index (χ0) is 9.68. The van der Waals surface area contributed by atoms with Gasteiger partial charge in [-0.2, -0.15) is 0 Å². The quantitative estimate of drug-likeness (QED) is 0.401. The van der Waals surface area contributed by atoms with Gasteiger partial charge in [0.2, 0.25) is 0 Å². The Balaban J connectivity index is 2.50. The number of terminal acetylenes is 1. The molecule has 0 atom stereocenters. The van der Waals surface area contributed by atoms with Crippen LogP contribution >= 0.6 is 0 Å². The number of Topliss-reactive ketones (excluding diaryl/α,β-unsaturated/α-hetero) is 1. The number of hydrogen-bond donors (Lipinski definition) is 0. The zero-order valence-electron chi connectivity index (χ0n) is 7.67. The predicted octanol–water partition coefficient (Wildman–Crippen LogP) is 2.57. The molecule has 0 aliphatic heterocycles. The van der Waals surface area contributed by atoms with Crippen molar-refractivity contribution in [3.05, 3.63) is 23.7 Å². The summed E-state index contributed by atoms with van der Waals surface area (Å²) in [5.74, 6) is 3.31. The van der Waals surface area contributed by atoms with E-state index in [9.17, 15) is 4.79 Å². The molecule has 0 radical (unpaired) electrons. The first-order chi connectivity index (χ1) is 6.25. The second-order valence-corrected chi connectivity index (χ2v) is 2.87. The fourth-order valence-electron chi connectivity index (χ4n) is 1.16. The number of carbonyl (C=O) groups excluding carboxylic acids is 1. The van der Waals surface area contributed by atoms with Crippen molar-refractivity contribution in [1.82, 2.24) is 0 Å². The normalized spacial score (nSPS) is 9.54. The minimum atomic E-state index is 0.113. The van der Waals surface area contributed by atoms with E-state index in [2.05, 4.69) is 5.92 Å². The highest BCUT2D eigenvalue weighted by atomic mass is 16.3. The minimum absolute atomic E-state index is 0.113. The van der Waals surface area contributed by atoms with Crippen molar-refractivity contribution in [2.75, 3.05) is 0 Å². The Bertz CT molecular complexity index is 328. The molecule has 0 saturated heterocycles. The number of rotatable bonds is 4. The van der Waals surface area contributed by atoms with Gasteiger partial charge in [-0.05, 0) is 19.4 Å². The Morgan fingerprint density at radius 1 is 1.69 bits per heavy atom. The lowest BCUT2D eigenvalue weighted by atomic mass is 10.1. The molecule has 0 aliphatic rings. The van der Waals surface area contributed by atoms with Gasteiger partial charge in [0.15, 0.2) is 5.78 Å². The van der Waals surface area contributed by atoms with Crippen LogP contribution in [0.1, 0.15) is 35.4 Å². The smallest absolute Gasteiger partial charge is 0.166 e. The fourth-order valence-corrected chi connectivity index (χ4v) is 1.16. The molecule has 2 heteroatoms. The molecule has 1 rings (SSSR count). The Kier molecular flexibility index (Phi) is 3.33. The van der Waals surface area contributed by atoms with Crippen molar-refractivity contribution in [1.29, 1.82) is 0 Å². The van der Waals surface area contributed by atoms with Crippen LogP contribution < -0.4 is 0 Å². The molecule has 0 saturated carbocycles. The van der Waals surface area contributed by atoms with E-state index in [1.54, 1.807) is 13.0 Å². The molecule has 1 aromatic rings. The molecule has 2 nitrogen and oxygen atoms in total. The van der Waals surface area contributed by atoms with E-state index < -0.39 is 0 Å². The third-order valence-corrected chi connectivity index (χ3v) is 1.88. The van der Waals surface area contributed by atoms with E-state index in [-0.39, 0.29) is 5.78 Å². The van der Waals surface area contributed by atoms with Crippen LogP contribution in [-0.4, -0.2) is 5.78 Å². The third kappa shape index (κ3) is 2.48. The van der Waals surface area contributed by atoms with Gasteiger partial charge in [-0.1, -0.05) is 0 Å². The number of ketones is 1. The van der Waals surface area contributed by atoms with Crippen LogP contribution in [0.5, 0.6) is 0 Å². The summed E-state index contributed by atoms with van der Waals surface area (Å²) >= 11 is 0. The summed E-state index contributed by atoms with van der Waals surface area (Å²) in [6.45, 7) is 1.79. The first kappa shape index (κ1) is 9.60. The summed E-state index contributed by atoms with van der Waals surface area (Å²) in [6.07, 6.45) is 8.52. The zero-order valence-corrected chi connectivity index (χ0v) is 7.67. The fraction of sp³-hybridized carbons (Fsp3) is 0.364. The van der Waals surface area contributed by atoms with E-state index in [0.29, 0.717) is 24.2 Å². The molecule has 0 N–H and O–H groups in total. The largest absolute Gasteiger partial charge is 0.469 e.